The average Bonchev–Trinajstić information content (AvgIpc) is 2.17. The Bertz CT molecular complexity index is 159. The highest BCUT2D eigenvalue weighted by atomic mass is 35.5. The fraction of sp³-hybridized carbons (Fsp3) is 1.00. The van der Waals surface area contributed by atoms with Gasteiger partial charge in [0, 0.05) is 12.6 Å². The molecule has 0 amide bonds. The molecule has 0 aromatic rings. The molecule has 0 saturated carbocycles. The van der Waals surface area contributed by atoms with Crippen molar-refractivity contribution in [3.8, 4) is 0 Å². The second-order valence-electron chi connectivity index (χ2n) is 4.91. The summed E-state index contributed by atoms with van der Waals surface area (Å²) in [4.78, 5) is 0. The molecule has 1 saturated heterocycles. The number of hydrogen-bond donors (Lipinski definition) is 2. The molecule has 1 atom stereocenters. The maximum Gasteiger partial charge on any atom is 0.0639 e. The standard InChI is InChI=1S/C11H24N2O.ClH/c1-11(2,9-14-3)13-8-10-5-4-6-12-7-10;/h10,12-13H,4-9H2,1-3H3;1H. The van der Waals surface area contributed by atoms with Crippen LogP contribution in [0, 0.1) is 5.92 Å². The summed E-state index contributed by atoms with van der Waals surface area (Å²) >= 11 is 0. The minimum atomic E-state index is 0. The van der Waals surface area contributed by atoms with Crippen molar-refractivity contribution in [1.29, 1.82) is 0 Å². The molecule has 3 nitrogen and oxygen atoms in total. The highest BCUT2D eigenvalue weighted by Gasteiger charge is 2.19. The molecule has 15 heavy (non-hydrogen) atoms. The van der Waals surface area contributed by atoms with Gasteiger partial charge in [0.05, 0.1) is 6.61 Å². The van der Waals surface area contributed by atoms with Gasteiger partial charge in [-0.3, -0.25) is 0 Å². The van der Waals surface area contributed by atoms with Crippen molar-refractivity contribution in [2.45, 2.75) is 32.2 Å². The maximum absolute atomic E-state index is 5.17. The Kier molecular flexibility index (Phi) is 7.53. The largest absolute Gasteiger partial charge is 0.383 e. The molecule has 1 rings (SSSR count). The lowest BCUT2D eigenvalue weighted by Gasteiger charge is -2.30. The summed E-state index contributed by atoms with van der Waals surface area (Å²) in [6.07, 6.45) is 2.67. The number of piperidine rings is 1. The monoisotopic (exact) mass is 236 g/mol. The lowest BCUT2D eigenvalue weighted by atomic mass is 9.98. The predicted molar refractivity (Wildman–Crippen MR) is 66.8 cm³/mol. The van der Waals surface area contributed by atoms with Crippen molar-refractivity contribution in [2.75, 3.05) is 33.4 Å². The third kappa shape index (κ3) is 6.36. The van der Waals surface area contributed by atoms with Gasteiger partial charge in [0.2, 0.25) is 0 Å². The zero-order chi connectivity index (χ0) is 10.4. The van der Waals surface area contributed by atoms with Crippen LogP contribution in [0.3, 0.4) is 0 Å². The van der Waals surface area contributed by atoms with Crippen molar-refractivity contribution in [3.05, 3.63) is 0 Å². The van der Waals surface area contributed by atoms with Crippen molar-refractivity contribution in [2.24, 2.45) is 5.92 Å². The SMILES string of the molecule is COCC(C)(C)NCC1CCCNC1.Cl. The minimum Gasteiger partial charge on any atom is -0.383 e. The number of ether oxygens (including phenoxy) is 1. The molecule has 4 heteroatoms. The molecule has 1 heterocycles. The van der Waals surface area contributed by atoms with Crippen LogP contribution in [0.25, 0.3) is 0 Å². The molecule has 0 spiro atoms. The van der Waals surface area contributed by atoms with Crippen LogP contribution in [0.15, 0.2) is 0 Å². The predicted octanol–water partition coefficient (Wildman–Crippen LogP) is 1.42. The summed E-state index contributed by atoms with van der Waals surface area (Å²) in [5.74, 6) is 0.792. The summed E-state index contributed by atoms with van der Waals surface area (Å²) in [5.41, 5.74) is 0.103. The first-order valence-corrected chi connectivity index (χ1v) is 5.59. The van der Waals surface area contributed by atoms with Crippen molar-refractivity contribution in [3.63, 3.8) is 0 Å². The van der Waals surface area contributed by atoms with E-state index in [1.54, 1.807) is 7.11 Å². The first-order valence-electron chi connectivity index (χ1n) is 5.59. The van der Waals surface area contributed by atoms with E-state index in [2.05, 4.69) is 24.5 Å². The Morgan fingerprint density at radius 1 is 1.47 bits per heavy atom. The van der Waals surface area contributed by atoms with Gasteiger partial charge >= 0.3 is 0 Å². The number of methoxy groups -OCH3 is 1. The van der Waals surface area contributed by atoms with Crippen LogP contribution in [-0.2, 0) is 4.74 Å². The van der Waals surface area contributed by atoms with Crippen LogP contribution < -0.4 is 10.6 Å². The summed E-state index contributed by atoms with van der Waals surface area (Å²) in [6, 6.07) is 0. The molecule has 1 aliphatic heterocycles. The van der Waals surface area contributed by atoms with Gasteiger partial charge in [0.1, 0.15) is 0 Å². The summed E-state index contributed by atoms with van der Waals surface area (Å²) in [5, 5.41) is 7.00. The van der Waals surface area contributed by atoms with Gasteiger partial charge in [-0.2, -0.15) is 0 Å². The third-order valence-electron chi connectivity index (χ3n) is 2.77. The third-order valence-corrected chi connectivity index (χ3v) is 2.77. The fourth-order valence-corrected chi connectivity index (χ4v) is 1.93. The van der Waals surface area contributed by atoms with Crippen LogP contribution in [-0.4, -0.2) is 38.9 Å². The van der Waals surface area contributed by atoms with Crippen molar-refractivity contribution >= 4 is 12.4 Å². The van der Waals surface area contributed by atoms with E-state index in [9.17, 15) is 0 Å². The fourth-order valence-electron chi connectivity index (χ4n) is 1.93. The van der Waals surface area contributed by atoms with E-state index in [0.29, 0.717) is 0 Å². The first kappa shape index (κ1) is 15.2. The lowest BCUT2D eigenvalue weighted by molar-refractivity contribution is 0.124. The van der Waals surface area contributed by atoms with Crippen molar-refractivity contribution < 1.29 is 4.74 Å². The number of hydrogen-bond acceptors (Lipinski definition) is 3. The van der Waals surface area contributed by atoms with Crippen LogP contribution >= 0.6 is 12.4 Å². The molecule has 2 N–H and O–H groups in total. The van der Waals surface area contributed by atoms with Crippen LogP contribution in [0.1, 0.15) is 26.7 Å². The van der Waals surface area contributed by atoms with Gasteiger partial charge in [0.25, 0.3) is 0 Å². The zero-order valence-corrected chi connectivity index (χ0v) is 11.0. The molecule has 92 valence electrons. The molecule has 1 fully saturated rings. The van der Waals surface area contributed by atoms with Crippen LogP contribution in [0.4, 0.5) is 0 Å². The molecular formula is C11H25ClN2O. The summed E-state index contributed by atoms with van der Waals surface area (Å²) < 4.78 is 5.17. The van der Waals surface area contributed by atoms with Gasteiger partial charge in [-0.05, 0) is 52.2 Å². The van der Waals surface area contributed by atoms with Crippen molar-refractivity contribution in [1.82, 2.24) is 10.6 Å². The molecule has 0 aromatic heterocycles. The molecule has 0 bridgehead atoms. The molecule has 0 aromatic carbocycles. The quantitative estimate of drug-likeness (QED) is 0.758. The Balaban J connectivity index is 0.00000196. The smallest absolute Gasteiger partial charge is 0.0639 e. The van der Waals surface area contributed by atoms with Gasteiger partial charge in [-0.1, -0.05) is 0 Å². The highest BCUT2D eigenvalue weighted by Crippen LogP contribution is 2.10. The normalized spacial score (nSPS) is 22.2. The number of rotatable bonds is 5. The molecule has 1 aliphatic rings. The second kappa shape index (κ2) is 7.44. The number of halogens is 1. The molecular weight excluding hydrogens is 212 g/mol. The molecule has 0 radical (unpaired) electrons. The lowest BCUT2D eigenvalue weighted by Crippen LogP contribution is -2.47. The Morgan fingerprint density at radius 2 is 2.20 bits per heavy atom. The summed E-state index contributed by atoms with van der Waals surface area (Å²) in [7, 11) is 1.76. The van der Waals surface area contributed by atoms with E-state index < -0.39 is 0 Å². The highest BCUT2D eigenvalue weighted by molar-refractivity contribution is 5.85. The van der Waals surface area contributed by atoms with E-state index in [1.807, 2.05) is 0 Å². The molecule has 1 unspecified atom stereocenters. The van der Waals surface area contributed by atoms with Gasteiger partial charge in [-0.25, -0.2) is 0 Å². The molecule has 0 aliphatic carbocycles. The summed E-state index contributed by atoms with van der Waals surface area (Å²) in [6.45, 7) is 8.60. The van der Waals surface area contributed by atoms with Gasteiger partial charge in [0.15, 0.2) is 0 Å². The Morgan fingerprint density at radius 3 is 2.73 bits per heavy atom. The van der Waals surface area contributed by atoms with E-state index >= 15 is 0 Å². The van der Waals surface area contributed by atoms with Crippen LogP contribution in [0.5, 0.6) is 0 Å². The Labute approximate surface area is 99.7 Å². The van der Waals surface area contributed by atoms with E-state index in [1.165, 1.54) is 19.4 Å². The van der Waals surface area contributed by atoms with E-state index in [0.717, 1.165) is 25.6 Å². The first-order chi connectivity index (χ1) is 6.64. The average molecular weight is 237 g/mol. The second-order valence-corrected chi connectivity index (χ2v) is 4.91. The Hall–Kier alpha value is 0.170. The minimum absolute atomic E-state index is 0. The van der Waals surface area contributed by atoms with Crippen LogP contribution in [0.2, 0.25) is 0 Å². The van der Waals surface area contributed by atoms with Gasteiger partial charge < -0.3 is 15.4 Å². The van der Waals surface area contributed by atoms with E-state index in [-0.39, 0.29) is 17.9 Å². The van der Waals surface area contributed by atoms with Gasteiger partial charge in [-0.15, -0.1) is 12.4 Å². The maximum atomic E-state index is 5.17. The zero-order valence-electron chi connectivity index (χ0n) is 10.1. The van der Waals surface area contributed by atoms with E-state index in [4.69, 9.17) is 4.74 Å². The topological polar surface area (TPSA) is 33.3 Å². The number of nitrogens with one attached hydrogen (secondary N) is 2.